The predicted molar refractivity (Wildman–Crippen MR) is 98.9 cm³/mol. The molecule has 1 amide bonds. The molecule has 6 heteroatoms. The minimum Gasteiger partial charge on any atom is -0.503 e. The highest BCUT2D eigenvalue weighted by molar-refractivity contribution is 9.10. The van der Waals surface area contributed by atoms with Crippen LogP contribution in [0, 0.1) is 5.82 Å². The number of amides is 1. The topological polar surface area (TPSA) is 57.6 Å². The Bertz CT molecular complexity index is 911. The Hall–Kier alpha value is -2.47. The Labute approximate surface area is 159 Å². The molecule has 1 heterocycles. The number of benzene rings is 2. The van der Waals surface area contributed by atoms with E-state index in [0.29, 0.717) is 4.47 Å². The van der Waals surface area contributed by atoms with Crippen molar-refractivity contribution in [1.29, 1.82) is 0 Å². The molecule has 26 heavy (non-hydrogen) atoms. The fourth-order valence-corrected chi connectivity index (χ4v) is 3.64. The van der Waals surface area contributed by atoms with Crippen LogP contribution in [0.1, 0.15) is 37.1 Å². The van der Waals surface area contributed by atoms with E-state index in [4.69, 9.17) is 0 Å². The molecule has 0 saturated heterocycles. The molecule has 1 aliphatic rings. The van der Waals surface area contributed by atoms with Gasteiger partial charge in [-0.1, -0.05) is 52.3 Å². The Morgan fingerprint density at radius 3 is 2.46 bits per heavy atom. The second kappa shape index (κ2) is 7.03. The van der Waals surface area contributed by atoms with E-state index < -0.39 is 35.4 Å². The van der Waals surface area contributed by atoms with E-state index in [9.17, 15) is 19.1 Å². The molecule has 1 aliphatic heterocycles. The lowest BCUT2D eigenvalue weighted by Crippen LogP contribution is -2.34. The SMILES string of the molecule is CC(=O)C1=C(O)C(=O)N(C(C)c2ccccc2)C1c1ccc(Br)cc1F. The number of nitrogens with zero attached hydrogens (tertiary/aromatic N) is 1. The average Bonchev–Trinajstić information content (AvgIpc) is 2.86. The van der Waals surface area contributed by atoms with Gasteiger partial charge >= 0.3 is 0 Å². The van der Waals surface area contributed by atoms with E-state index in [-0.39, 0.29) is 11.1 Å². The van der Waals surface area contributed by atoms with Crippen molar-refractivity contribution in [3.05, 3.63) is 81.3 Å². The first-order valence-electron chi connectivity index (χ1n) is 8.09. The lowest BCUT2D eigenvalue weighted by Gasteiger charge is -2.32. The number of ketones is 1. The van der Waals surface area contributed by atoms with E-state index in [1.54, 1.807) is 13.0 Å². The zero-order valence-corrected chi connectivity index (χ0v) is 15.8. The smallest absolute Gasteiger partial charge is 0.290 e. The number of carbonyl (C=O) groups is 2. The molecule has 2 atom stereocenters. The van der Waals surface area contributed by atoms with Crippen molar-refractivity contribution in [1.82, 2.24) is 4.90 Å². The van der Waals surface area contributed by atoms with Crippen LogP contribution in [-0.2, 0) is 9.59 Å². The molecule has 0 saturated carbocycles. The maximum atomic E-state index is 14.6. The highest BCUT2D eigenvalue weighted by Crippen LogP contribution is 2.43. The zero-order valence-electron chi connectivity index (χ0n) is 14.2. The van der Waals surface area contributed by atoms with Crippen LogP contribution in [0.15, 0.2) is 64.3 Å². The van der Waals surface area contributed by atoms with Crippen LogP contribution in [0.5, 0.6) is 0 Å². The Balaban J connectivity index is 2.16. The van der Waals surface area contributed by atoms with Crippen LogP contribution in [0.4, 0.5) is 4.39 Å². The van der Waals surface area contributed by atoms with Gasteiger partial charge in [0.15, 0.2) is 11.5 Å². The quantitative estimate of drug-likeness (QED) is 0.788. The molecular weight excluding hydrogens is 401 g/mol. The molecule has 134 valence electrons. The van der Waals surface area contributed by atoms with Crippen molar-refractivity contribution >= 4 is 27.6 Å². The van der Waals surface area contributed by atoms with E-state index in [1.807, 2.05) is 30.3 Å². The van der Waals surface area contributed by atoms with Gasteiger partial charge in [-0.15, -0.1) is 0 Å². The van der Waals surface area contributed by atoms with Crippen molar-refractivity contribution in [2.24, 2.45) is 0 Å². The Morgan fingerprint density at radius 2 is 1.88 bits per heavy atom. The lowest BCUT2D eigenvalue weighted by atomic mass is 9.94. The minimum atomic E-state index is -0.983. The molecule has 0 fully saturated rings. The van der Waals surface area contributed by atoms with Gasteiger partial charge in [0.25, 0.3) is 5.91 Å². The Kier molecular flexibility index (Phi) is 4.96. The summed E-state index contributed by atoms with van der Waals surface area (Å²) in [7, 11) is 0. The fourth-order valence-electron chi connectivity index (χ4n) is 3.30. The van der Waals surface area contributed by atoms with Crippen LogP contribution in [0.2, 0.25) is 0 Å². The van der Waals surface area contributed by atoms with E-state index in [0.717, 1.165) is 5.56 Å². The third-order valence-electron chi connectivity index (χ3n) is 4.58. The summed E-state index contributed by atoms with van der Waals surface area (Å²) in [5.74, 6) is -2.33. The molecule has 0 aliphatic carbocycles. The molecule has 2 aromatic carbocycles. The maximum Gasteiger partial charge on any atom is 0.290 e. The van der Waals surface area contributed by atoms with Gasteiger partial charge in [-0.25, -0.2) is 4.39 Å². The number of rotatable bonds is 4. The normalized spacial score (nSPS) is 18.4. The third kappa shape index (κ3) is 3.05. The molecule has 3 rings (SSSR count). The second-order valence-electron chi connectivity index (χ2n) is 6.19. The first kappa shape index (κ1) is 18.3. The van der Waals surface area contributed by atoms with Gasteiger partial charge in [0, 0.05) is 10.0 Å². The number of Topliss-reactive ketones (excluding diaryl/α,β-unsaturated/α-hetero) is 1. The molecule has 2 aromatic rings. The molecule has 4 nitrogen and oxygen atoms in total. The second-order valence-corrected chi connectivity index (χ2v) is 7.10. The standard InChI is InChI=1S/C20H17BrFNO3/c1-11(13-6-4-3-5-7-13)23-18(15-9-8-14(21)10-16(15)22)17(12(2)24)19(25)20(23)26/h3-11,18,25H,1-2H3. The summed E-state index contributed by atoms with van der Waals surface area (Å²) in [4.78, 5) is 26.2. The average molecular weight is 418 g/mol. The van der Waals surface area contributed by atoms with Crippen LogP contribution < -0.4 is 0 Å². The van der Waals surface area contributed by atoms with E-state index in [2.05, 4.69) is 15.9 Å². The maximum absolute atomic E-state index is 14.6. The van der Waals surface area contributed by atoms with E-state index in [1.165, 1.54) is 24.0 Å². The fraction of sp³-hybridized carbons (Fsp3) is 0.200. The first-order chi connectivity index (χ1) is 12.3. The summed E-state index contributed by atoms with van der Waals surface area (Å²) in [5.41, 5.74) is 0.901. The van der Waals surface area contributed by atoms with Crippen LogP contribution in [0.3, 0.4) is 0 Å². The third-order valence-corrected chi connectivity index (χ3v) is 5.07. The molecule has 1 N–H and O–H groups in total. The molecular formula is C20H17BrFNO3. The molecule has 0 bridgehead atoms. The Morgan fingerprint density at radius 1 is 1.23 bits per heavy atom. The van der Waals surface area contributed by atoms with Crippen LogP contribution in [0.25, 0.3) is 0 Å². The van der Waals surface area contributed by atoms with Crippen LogP contribution >= 0.6 is 15.9 Å². The highest BCUT2D eigenvalue weighted by Gasteiger charge is 2.45. The van der Waals surface area contributed by atoms with Gasteiger partial charge in [-0.3, -0.25) is 9.59 Å². The monoisotopic (exact) mass is 417 g/mol. The predicted octanol–water partition coefficient (Wildman–Crippen LogP) is 4.63. The summed E-state index contributed by atoms with van der Waals surface area (Å²) in [6.45, 7) is 3.05. The first-order valence-corrected chi connectivity index (χ1v) is 8.88. The molecule has 0 radical (unpaired) electrons. The van der Waals surface area contributed by atoms with Crippen molar-refractivity contribution in [3.8, 4) is 0 Å². The molecule has 0 aromatic heterocycles. The number of aliphatic hydroxyl groups excluding tert-OH is 1. The van der Waals surface area contributed by atoms with Gasteiger partial charge < -0.3 is 10.0 Å². The summed E-state index contributed by atoms with van der Waals surface area (Å²) in [5, 5.41) is 10.3. The van der Waals surface area contributed by atoms with Gasteiger partial charge in [-0.2, -0.15) is 0 Å². The lowest BCUT2D eigenvalue weighted by molar-refractivity contribution is -0.131. The molecule has 2 unspecified atom stereocenters. The number of carbonyl (C=O) groups excluding carboxylic acids is 2. The van der Waals surface area contributed by atoms with Gasteiger partial charge in [0.1, 0.15) is 5.82 Å². The summed E-state index contributed by atoms with van der Waals surface area (Å²) in [6.07, 6.45) is 0. The van der Waals surface area contributed by atoms with Crippen molar-refractivity contribution in [2.45, 2.75) is 25.9 Å². The number of halogens is 2. The highest BCUT2D eigenvalue weighted by atomic mass is 79.9. The van der Waals surface area contributed by atoms with Gasteiger partial charge in [-0.05, 0) is 31.5 Å². The van der Waals surface area contributed by atoms with Crippen molar-refractivity contribution in [3.63, 3.8) is 0 Å². The summed E-state index contributed by atoms with van der Waals surface area (Å²) < 4.78 is 15.2. The van der Waals surface area contributed by atoms with Crippen LogP contribution in [-0.4, -0.2) is 21.7 Å². The number of hydrogen-bond acceptors (Lipinski definition) is 3. The molecule has 0 spiro atoms. The number of hydrogen-bond donors (Lipinski definition) is 1. The largest absolute Gasteiger partial charge is 0.503 e. The van der Waals surface area contributed by atoms with E-state index >= 15 is 0 Å². The number of aliphatic hydroxyl groups is 1. The van der Waals surface area contributed by atoms with Crippen molar-refractivity contribution < 1.29 is 19.1 Å². The van der Waals surface area contributed by atoms with Gasteiger partial charge in [0.2, 0.25) is 0 Å². The minimum absolute atomic E-state index is 0.0843. The summed E-state index contributed by atoms with van der Waals surface area (Å²) >= 11 is 3.20. The van der Waals surface area contributed by atoms with Crippen molar-refractivity contribution in [2.75, 3.05) is 0 Å². The zero-order chi connectivity index (χ0) is 19.0. The summed E-state index contributed by atoms with van der Waals surface area (Å²) in [6, 6.07) is 12.2. The van der Waals surface area contributed by atoms with Gasteiger partial charge in [0.05, 0.1) is 17.7 Å².